The molecule has 0 saturated carbocycles. The van der Waals surface area contributed by atoms with Gasteiger partial charge in [-0.1, -0.05) is 23.7 Å². The summed E-state index contributed by atoms with van der Waals surface area (Å²) in [4.78, 5) is 23.5. The second-order valence-corrected chi connectivity index (χ2v) is 9.61. The topological polar surface area (TPSA) is 41.4 Å². The van der Waals surface area contributed by atoms with E-state index in [1.165, 1.54) is 11.3 Å². The van der Waals surface area contributed by atoms with Gasteiger partial charge in [-0.2, -0.15) is 0 Å². The molecule has 0 radical (unpaired) electrons. The molecule has 3 aromatic heterocycles. The highest BCUT2D eigenvalue weighted by Gasteiger charge is 2.24. The van der Waals surface area contributed by atoms with Gasteiger partial charge >= 0.3 is 0 Å². The maximum atomic E-state index is 13.2. The second kappa shape index (κ2) is 9.24. The third kappa shape index (κ3) is 4.28. The van der Waals surface area contributed by atoms with E-state index in [0.29, 0.717) is 11.1 Å². The molecule has 8 heteroatoms. The van der Waals surface area contributed by atoms with Crippen molar-refractivity contribution in [3.63, 3.8) is 0 Å². The first-order valence-corrected chi connectivity index (χ1v) is 11.5. The first kappa shape index (κ1) is 22.8. The molecule has 0 unspecified atom stereocenters. The fraction of sp³-hybridized carbons (Fsp3) is 0.250. The van der Waals surface area contributed by atoms with Crippen LogP contribution in [-0.4, -0.2) is 47.7 Å². The summed E-state index contributed by atoms with van der Waals surface area (Å²) in [6.07, 6.45) is 4.76. The lowest BCUT2D eigenvalue weighted by Gasteiger charge is -2.21. The van der Waals surface area contributed by atoms with Gasteiger partial charge in [0.25, 0.3) is 5.56 Å². The van der Waals surface area contributed by atoms with Crippen molar-refractivity contribution in [1.82, 2.24) is 14.5 Å². The number of hydrogen-bond acceptors (Lipinski definition) is 5. The summed E-state index contributed by atoms with van der Waals surface area (Å²) >= 11 is 7.51. The summed E-state index contributed by atoms with van der Waals surface area (Å²) in [7, 11) is 4.24. The molecule has 5 rings (SSSR count). The Hall–Kier alpha value is -2.38. The summed E-state index contributed by atoms with van der Waals surface area (Å²) < 4.78 is 2.42. The quantitative estimate of drug-likeness (QED) is 0.390. The third-order valence-electron chi connectivity index (χ3n) is 5.93. The predicted molar refractivity (Wildman–Crippen MR) is 137 cm³/mol. The summed E-state index contributed by atoms with van der Waals surface area (Å²) in [6, 6.07) is 16.3. The average molecular weight is 487 g/mol. The van der Waals surface area contributed by atoms with Crippen molar-refractivity contribution in [3.05, 3.63) is 76.3 Å². The van der Waals surface area contributed by atoms with Crippen molar-refractivity contribution < 1.29 is 0 Å². The van der Waals surface area contributed by atoms with Crippen LogP contribution in [0.2, 0.25) is 5.02 Å². The molecule has 0 bridgehead atoms. The van der Waals surface area contributed by atoms with Crippen LogP contribution in [0.15, 0.2) is 65.7 Å². The SMILES string of the molecule is CN(C)[C@@H]1CCN(c2ccc(-n3ccc4cc(-c5ccc(Cl)cc5)sc4c3=O)cn2)C1.Cl. The fourth-order valence-corrected chi connectivity index (χ4v) is 5.28. The lowest BCUT2D eigenvalue weighted by Crippen LogP contribution is -2.31. The molecule has 166 valence electrons. The number of anilines is 1. The Morgan fingerprint density at radius 2 is 1.91 bits per heavy atom. The van der Waals surface area contributed by atoms with Crippen molar-refractivity contribution in [3.8, 4) is 16.1 Å². The van der Waals surface area contributed by atoms with E-state index in [9.17, 15) is 4.79 Å². The van der Waals surface area contributed by atoms with Gasteiger partial charge < -0.3 is 9.80 Å². The zero-order valence-electron chi connectivity index (χ0n) is 17.9. The van der Waals surface area contributed by atoms with Crippen LogP contribution in [-0.2, 0) is 0 Å². The third-order valence-corrected chi connectivity index (χ3v) is 7.37. The number of benzene rings is 1. The van der Waals surface area contributed by atoms with Crippen LogP contribution in [0.3, 0.4) is 0 Å². The Morgan fingerprint density at radius 1 is 1.12 bits per heavy atom. The van der Waals surface area contributed by atoms with Gasteiger partial charge in [-0.05, 0) is 62.5 Å². The van der Waals surface area contributed by atoms with Crippen molar-refractivity contribution in [2.75, 3.05) is 32.1 Å². The number of rotatable bonds is 4. The van der Waals surface area contributed by atoms with Gasteiger partial charge in [0.05, 0.1) is 11.9 Å². The molecular weight excluding hydrogens is 463 g/mol. The number of likely N-dealkylation sites (N-methyl/N-ethyl adjacent to an activating group) is 1. The molecule has 0 amide bonds. The van der Waals surface area contributed by atoms with Crippen LogP contribution >= 0.6 is 35.3 Å². The first-order valence-electron chi connectivity index (χ1n) is 10.3. The van der Waals surface area contributed by atoms with E-state index in [1.807, 2.05) is 48.7 Å². The fourth-order valence-electron chi connectivity index (χ4n) is 4.07. The van der Waals surface area contributed by atoms with E-state index < -0.39 is 0 Å². The van der Waals surface area contributed by atoms with Gasteiger partial charge in [0.15, 0.2) is 0 Å². The van der Waals surface area contributed by atoms with Crippen LogP contribution in [0.25, 0.3) is 26.2 Å². The summed E-state index contributed by atoms with van der Waals surface area (Å²) in [6.45, 7) is 1.98. The van der Waals surface area contributed by atoms with Gasteiger partial charge in [0, 0.05) is 40.6 Å². The Labute approximate surface area is 202 Å². The Bertz CT molecular complexity index is 1280. The van der Waals surface area contributed by atoms with Crippen LogP contribution in [0, 0.1) is 0 Å². The minimum absolute atomic E-state index is 0. The summed E-state index contributed by atoms with van der Waals surface area (Å²) in [5.74, 6) is 0.961. The van der Waals surface area contributed by atoms with Gasteiger partial charge in [0.1, 0.15) is 10.5 Å². The lowest BCUT2D eigenvalue weighted by molar-refractivity contribution is 0.315. The lowest BCUT2D eigenvalue weighted by atomic mass is 10.2. The molecular formula is C24H24Cl2N4OS. The van der Waals surface area contributed by atoms with E-state index in [2.05, 4.69) is 34.9 Å². The minimum atomic E-state index is -0.0221. The standard InChI is InChI=1S/C24H23ClN4OS.ClH/c1-27(2)20-10-11-28(15-20)22-8-7-19(14-26-22)29-12-9-17-13-21(31-23(17)24(29)30)16-3-5-18(25)6-4-16;/h3-9,12-14,20H,10-11,15H2,1-2H3;1H/t20-;/m1./s1. The summed E-state index contributed by atoms with van der Waals surface area (Å²) in [5.41, 5.74) is 1.82. The van der Waals surface area contributed by atoms with E-state index >= 15 is 0 Å². The zero-order valence-corrected chi connectivity index (χ0v) is 20.3. The van der Waals surface area contributed by atoms with Gasteiger partial charge in [-0.25, -0.2) is 4.98 Å². The molecule has 1 aliphatic heterocycles. The van der Waals surface area contributed by atoms with Gasteiger partial charge in [-0.3, -0.25) is 9.36 Å². The number of pyridine rings is 2. The molecule has 4 aromatic rings. The Kier molecular flexibility index (Phi) is 6.58. The van der Waals surface area contributed by atoms with E-state index in [4.69, 9.17) is 11.6 Å². The Morgan fingerprint density at radius 3 is 2.56 bits per heavy atom. The highest BCUT2D eigenvalue weighted by atomic mass is 35.5. The first-order chi connectivity index (χ1) is 15.0. The zero-order chi connectivity index (χ0) is 21.5. The Balaban J connectivity index is 0.00000245. The van der Waals surface area contributed by atoms with Gasteiger partial charge in [-0.15, -0.1) is 23.7 Å². The van der Waals surface area contributed by atoms with E-state index in [-0.39, 0.29) is 18.0 Å². The molecule has 0 spiro atoms. The van der Waals surface area contributed by atoms with Crippen molar-refractivity contribution in [2.24, 2.45) is 0 Å². The normalized spacial score (nSPS) is 16.0. The molecule has 1 aliphatic rings. The van der Waals surface area contributed by atoms with E-state index in [1.54, 1.807) is 10.8 Å². The molecule has 1 saturated heterocycles. The summed E-state index contributed by atoms with van der Waals surface area (Å²) in [5, 5.41) is 1.65. The van der Waals surface area contributed by atoms with Crippen molar-refractivity contribution in [2.45, 2.75) is 12.5 Å². The number of aromatic nitrogens is 2. The molecule has 1 atom stereocenters. The maximum Gasteiger partial charge on any atom is 0.273 e. The molecule has 5 nitrogen and oxygen atoms in total. The predicted octanol–water partition coefficient (Wildman–Crippen LogP) is 5.33. The van der Waals surface area contributed by atoms with Crippen molar-refractivity contribution in [1.29, 1.82) is 0 Å². The number of hydrogen-bond donors (Lipinski definition) is 0. The molecule has 0 N–H and O–H groups in total. The number of fused-ring (bicyclic) bond motifs is 1. The number of nitrogens with zero attached hydrogens (tertiary/aromatic N) is 4. The second-order valence-electron chi connectivity index (χ2n) is 8.12. The highest BCUT2D eigenvalue weighted by Crippen LogP contribution is 2.32. The molecule has 4 heterocycles. The highest BCUT2D eigenvalue weighted by molar-refractivity contribution is 7.22. The van der Waals surface area contributed by atoms with Crippen LogP contribution < -0.4 is 10.5 Å². The number of halogens is 2. The number of thiophene rings is 1. The average Bonchev–Trinajstić information content (AvgIpc) is 3.43. The van der Waals surface area contributed by atoms with E-state index in [0.717, 1.165) is 51.5 Å². The van der Waals surface area contributed by atoms with Crippen LogP contribution in [0.5, 0.6) is 0 Å². The minimum Gasteiger partial charge on any atom is -0.355 e. The largest absolute Gasteiger partial charge is 0.355 e. The molecule has 32 heavy (non-hydrogen) atoms. The molecule has 1 fully saturated rings. The van der Waals surface area contributed by atoms with Gasteiger partial charge in [0.2, 0.25) is 0 Å². The smallest absolute Gasteiger partial charge is 0.273 e. The molecule has 0 aliphatic carbocycles. The maximum absolute atomic E-state index is 13.2. The van der Waals surface area contributed by atoms with Crippen molar-refractivity contribution >= 4 is 51.2 Å². The van der Waals surface area contributed by atoms with Crippen LogP contribution in [0.1, 0.15) is 6.42 Å². The monoisotopic (exact) mass is 486 g/mol. The molecule has 1 aromatic carbocycles. The van der Waals surface area contributed by atoms with Crippen LogP contribution in [0.4, 0.5) is 5.82 Å².